The highest BCUT2D eigenvalue weighted by Gasteiger charge is 2.10. The van der Waals surface area contributed by atoms with E-state index in [9.17, 15) is 0 Å². The summed E-state index contributed by atoms with van der Waals surface area (Å²) >= 11 is 0. The summed E-state index contributed by atoms with van der Waals surface area (Å²) in [4.78, 5) is 0. The molecule has 0 amide bonds. The van der Waals surface area contributed by atoms with Crippen LogP contribution in [0.3, 0.4) is 0 Å². The lowest BCUT2D eigenvalue weighted by Gasteiger charge is -2.28. The maximum Gasteiger partial charge on any atom is 0.0612 e. The van der Waals surface area contributed by atoms with Gasteiger partial charge in [0.05, 0.1) is 18.9 Å². The molecule has 0 spiro atoms. The summed E-state index contributed by atoms with van der Waals surface area (Å²) in [6.07, 6.45) is 0. The van der Waals surface area contributed by atoms with E-state index < -0.39 is 0 Å². The second-order valence-corrected chi connectivity index (χ2v) is 4.03. The predicted octanol–water partition coefficient (Wildman–Crippen LogP) is 1.96. The van der Waals surface area contributed by atoms with Gasteiger partial charge < -0.3 is 10.2 Å². The fourth-order valence-corrected chi connectivity index (χ4v) is 1.78. The molecular formula is C12H18N2O. The molecule has 0 aromatic heterocycles. The van der Waals surface area contributed by atoms with E-state index in [1.807, 2.05) is 0 Å². The number of rotatable bonds is 2. The van der Waals surface area contributed by atoms with E-state index in [0.29, 0.717) is 0 Å². The minimum atomic E-state index is 0.817. The van der Waals surface area contributed by atoms with Crippen molar-refractivity contribution in [2.24, 2.45) is 0 Å². The summed E-state index contributed by atoms with van der Waals surface area (Å²) in [6.45, 7) is 7.79. The Kier molecular flexibility index (Phi) is 3.23. The van der Waals surface area contributed by atoms with Gasteiger partial charge in [-0.2, -0.15) is 0 Å². The fraction of sp³-hybridized carbons (Fsp3) is 0.500. The van der Waals surface area contributed by atoms with Crippen LogP contribution in [0.2, 0.25) is 0 Å². The highest BCUT2D eigenvalue weighted by molar-refractivity contribution is 5.51. The SMILES string of the molecule is Cc1ccc(NN2CCOCC2)c(C)c1. The molecule has 0 saturated carbocycles. The second-order valence-electron chi connectivity index (χ2n) is 4.03. The highest BCUT2D eigenvalue weighted by Crippen LogP contribution is 2.17. The molecule has 0 aliphatic carbocycles. The Morgan fingerprint density at radius 1 is 1.20 bits per heavy atom. The molecule has 1 aromatic rings. The summed E-state index contributed by atoms with van der Waals surface area (Å²) in [5.74, 6) is 0. The van der Waals surface area contributed by atoms with E-state index in [0.717, 1.165) is 26.3 Å². The van der Waals surface area contributed by atoms with Gasteiger partial charge in [0, 0.05) is 13.1 Å². The van der Waals surface area contributed by atoms with Crippen LogP contribution in [-0.2, 0) is 4.74 Å². The summed E-state index contributed by atoms with van der Waals surface area (Å²) in [5, 5.41) is 2.21. The molecule has 0 unspecified atom stereocenters. The maximum absolute atomic E-state index is 5.31. The minimum absolute atomic E-state index is 0.817. The molecule has 1 saturated heterocycles. The van der Waals surface area contributed by atoms with E-state index in [4.69, 9.17) is 4.74 Å². The number of anilines is 1. The van der Waals surface area contributed by atoms with Crippen molar-refractivity contribution in [2.45, 2.75) is 13.8 Å². The highest BCUT2D eigenvalue weighted by atomic mass is 16.5. The summed E-state index contributed by atoms with van der Waals surface area (Å²) in [5.41, 5.74) is 7.23. The van der Waals surface area contributed by atoms with E-state index in [1.54, 1.807) is 0 Å². The molecule has 1 fully saturated rings. The van der Waals surface area contributed by atoms with Gasteiger partial charge in [0.2, 0.25) is 0 Å². The monoisotopic (exact) mass is 206 g/mol. The minimum Gasteiger partial charge on any atom is -0.379 e. The summed E-state index contributed by atoms with van der Waals surface area (Å²) in [7, 11) is 0. The quantitative estimate of drug-likeness (QED) is 0.800. The first-order valence-corrected chi connectivity index (χ1v) is 5.42. The number of benzene rings is 1. The van der Waals surface area contributed by atoms with Gasteiger partial charge in [-0.15, -0.1) is 0 Å². The average molecular weight is 206 g/mol. The van der Waals surface area contributed by atoms with Crippen molar-refractivity contribution in [1.82, 2.24) is 5.01 Å². The van der Waals surface area contributed by atoms with Crippen molar-refractivity contribution < 1.29 is 4.74 Å². The third-order valence-electron chi connectivity index (χ3n) is 2.67. The Balaban J connectivity index is 2.03. The van der Waals surface area contributed by atoms with Gasteiger partial charge in [0.15, 0.2) is 0 Å². The van der Waals surface area contributed by atoms with Gasteiger partial charge >= 0.3 is 0 Å². The van der Waals surface area contributed by atoms with Gasteiger partial charge in [-0.1, -0.05) is 17.7 Å². The van der Waals surface area contributed by atoms with Crippen LogP contribution in [0.1, 0.15) is 11.1 Å². The van der Waals surface area contributed by atoms with Crippen LogP contribution in [0.15, 0.2) is 18.2 Å². The lowest BCUT2D eigenvalue weighted by Crippen LogP contribution is -2.40. The van der Waals surface area contributed by atoms with Gasteiger partial charge in [-0.3, -0.25) is 0 Å². The number of hydrazine groups is 1. The van der Waals surface area contributed by atoms with Crippen molar-refractivity contribution in [1.29, 1.82) is 0 Å². The Morgan fingerprint density at radius 3 is 2.60 bits per heavy atom. The molecule has 1 heterocycles. The smallest absolute Gasteiger partial charge is 0.0612 e. The number of nitrogens with one attached hydrogen (secondary N) is 1. The molecule has 1 aliphatic heterocycles. The van der Waals surface area contributed by atoms with Crippen LogP contribution in [0.5, 0.6) is 0 Å². The van der Waals surface area contributed by atoms with Crippen LogP contribution >= 0.6 is 0 Å². The standard InChI is InChI=1S/C12H18N2O/c1-10-3-4-12(11(2)9-10)13-14-5-7-15-8-6-14/h3-4,9,13H,5-8H2,1-2H3. The van der Waals surface area contributed by atoms with Crippen molar-refractivity contribution in [3.05, 3.63) is 29.3 Å². The van der Waals surface area contributed by atoms with E-state index >= 15 is 0 Å². The van der Waals surface area contributed by atoms with E-state index in [2.05, 4.69) is 42.5 Å². The summed E-state index contributed by atoms with van der Waals surface area (Å²) < 4.78 is 5.31. The van der Waals surface area contributed by atoms with Crippen molar-refractivity contribution >= 4 is 5.69 Å². The number of hydrogen-bond acceptors (Lipinski definition) is 3. The molecular weight excluding hydrogens is 188 g/mol. The van der Waals surface area contributed by atoms with Gasteiger partial charge in [0.1, 0.15) is 0 Å². The normalized spacial score (nSPS) is 17.7. The Bertz CT molecular complexity index is 332. The largest absolute Gasteiger partial charge is 0.379 e. The fourth-order valence-electron chi connectivity index (χ4n) is 1.78. The zero-order valence-corrected chi connectivity index (χ0v) is 9.42. The number of hydrogen-bond donors (Lipinski definition) is 1. The Labute approximate surface area is 91.0 Å². The number of ether oxygens (including phenoxy) is 1. The first-order valence-electron chi connectivity index (χ1n) is 5.42. The van der Waals surface area contributed by atoms with Gasteiger partial charge in [0.25, 0.3) is 0 Å². The maximum atomic E-state index is 5.31. The molecule has 3 heteroatoms. The van der Waals surface area contributed by atoms with Crippen LogP contribution in [0, 0.1) is 13.8 Å². The van der Waals surface area contributed by atoms with Crippen molar-refractivity contribution in [2.75, 3.05) is 31.7 Å². The number of nitrogens with zero attached hydrogens (tertiary/aromatic N) is 1. The number of morpholine rings is 1. The molecule has 1 aromatic carbocycles. The predicted molar refractivity (Wildman–Crippen MR) is 61.9 cm³/mol. The lowest BCUT2D eigenvalue weighted by atomic mass is 10.1. The van der Waals surface area contributed by atoms with Crippen LogP contribution in [0.25, 0.3) is 0 Å². The van der Waals surface area contributed by atoms with Crippen molar-refractivity contribution in [3.8, 4) is 0 Å². The first-order chi connectivity index (χ1) is 7.25. The first kappa shape index (κ1) is 10.5. The lowest BCUT2D eigenvalue weighted by molar-refractivity contribution is 0.0496. The van der Waals surface area contributed by atoms with Gasteiger partial charge in [-0.05, 0) is 25.5 Å². The second kappa shape index (κ2) is 4.64. The van der Waals surface area contributed by atoms with Crippen LogP contribution < -0.4 is 5.43 Å². The molecule has 3 nitrogen and oxygen atoms in total. The van der Waals surface area contributed by atoms with E-state index in [-0.39, 0.29) is 0 Å². The summed E-state index contributed by atoms with van der Waals surface area (Å²) in [6, 6.07) is 6.47. The van der Waals surface area contributed by atoms with Gasteiger partial charge in [-0.25, -0.2) is 5.01 Å². The topological polar surface area (TPSA) is 24.5 Å². The molecule has 0 radical (unpaired) electrons. The Hall–Kier alpha value is -1.06. The van der Waals surface area contributed by atoms with Crippen LogP contribution in [-0.4, -0.2) is 31.3 Å². The molecule has 82 valence electrons. The average Bonchev–Trinajstić information content (AvgIpc) is 2.24. The molecule has 0 atom stereocenters. The third-order valence-corrected chi connectivity index (χ3v) is 2.67. The molecule has 15 heavy (non-hydrogen) atoms. The Morgan fingerprint density at radius 2 is 1.93 bits per heavy atom. The molecule has 1 N–H and O–H groups in total. The van der Waals surface area contributed by atoms with E-state index in [1.165, 1.54) is 16.8 Å². The zero-order valence-electron chi connectivity index (χ0n) is 9.42. The molecule has 2 rings (SSSR count). The third kappa shape index (κ3) is 2.70. The molecule has 1 aliphatic rings. The molecule has 0 bridgehead atoms. The zero-order chi connectivity index (χ0) is 10.7. The number of aryl methyl sites for hydroxylation is 2. The van der Waals surface area contributed by atoms with Crippen LogP contribution in [0.4, 0.5) is 5.69 Å². The van der Waals surface area contributed by atoms with Crippen molar-refractivity contribution in [3.63, 3.8) is 0 Å².